The van der Waals surface area contributed by atoms with E-state index in [0.717, 1.165) is 48.1 Å². The van der Waals surface area contributed by atoms with Crippen molar-refractivity contribution in [2.75, 3.05) is 19.6 Å². The number of fused-ring (bicyclic) bond motifs is 1. The van der Waals surface area contributed by atoms with Gasteiger partial charge < -0.3 is 15.6 Å². The van der Waals surface area contributed by atoms with Crippen molar-refractivity contribution in [3.63, 3.8) is 0 Å². The number of aryl methyl sites for hydroxylation is 1. The lowest BCUT2D eigenvalue weighted by molar-refractivity contribution is -0.122. The van der Waals surface area contributed by atoms with Gasteiger partial charge in [0.15, 0.2) is 0 Å². The van der Waals surface area contributed by atoms with Crippen LogP contribution in [0.15, 0.2) is 18.2 Å². The van der Waals surface area contributed by atoms with E-state index in [4.69, 9.17) is 0 Å². The Balaban J connectivity index is 1.58. The van der Waals surface area contributed by atoms with Crippen LogP contribution < -0.4 is 10.6 Å². The molecule has 0 aliphatic carbocycles. The van der Waals surface area contributed by atoms with Crippen LogP contribution in [0.4, 0.5) is 4.39 Å². The third-order valence-corrected chi connectivity index (χ3v) is 4.82. The SMILES string of the molecule is Cc1[nH]c2cc(F)ccc2c1CCNC(=O)CC1(C)CCNC1. The third-order valence-electron chi connectivity index (χ3n) is 4.82. The molecule has 4 nitrogen and oxygen atoms in total. The minimum Gasteiger partial charge on any atom is -0.358 e. The van der Waals surface area contributed by atoms with Crippen LogP contribution in [0.2, 0.25) is 0 Å². The molecule has 2 aromatic rings. The smallest absolute Gasteiger partial charge is 0.220 e. The maximum absolute atomic E-state index is 13.3. The first-order chi connectivity index (χ1) is 11.0. The summed E-state index contributed by atoms with van der Waals surface area (Å²) in [6.45, 7) is 6.65. The van der Waals surface area contributed by atoms with Crippen LogP contribution in [0, 0.1) is 18.2 Å². The molecule has 0 spiro atoms. The van der Waals surface area contributed by atoms with Crippen LogP contribution in [0.5, 0.6) is 0 Å². The topological polar surface area (TPSA) is 56.9 Å². The van der Waals surface area contributed by atoms with Crippen molar-refractivity contribution in [3.05, 3.63) is 35.3 Å². The highest BCUT2D eigenvalue weighted by molar-refractivity contribution is 5.84. The average molecular weight is 317 g/mol. The highest BCUT2D eigenvalue weighted by atomic mass is 19.1. The molecule has 1 amide bonds. The molecule has 1 aromatic carbocycles. The highest BCUT2D eigenvalue weighted by Crippen LogP contribution is 2.28. The van der Waals surface area contributed by atoms with E-state index in [1.165, 1.54) is 12.1 Å². The number of aromatic nitrogens is 1. The van der Waals surface area contributed by atoms with Crippen LogP contribution in [-0.2, 0) is 11.2 Å². The number of benzene rings is 1. The largest absolute Gasteiger partial charge is 0.358 e. The summed E-state index contributed by atoms with van der Waals surface area (Å²) in [6, 6.07) is 4.79. The Kier molecular flexibility index (Phi) is 4.39. The maximum Gasteiger partial charge on any atom is 0.220 e. The molecule has 3 rings (SSSR count). The van der Waals surface area contributed by atoms with Crippen molar-refractivity contribution in [1.29, 1.82) is 0 Å². The Labute approximate surface area is 135 Å². The molecule has 2 heterocycles. The molecule has 0 saturated carbocycles. The van der Waals surface area contributed by atoms with Gasteiger partial charge in [0.2, 0.25) is 5.91 Å². The zero-order valence-electron chi connectivity index (χ0n) is 13.8. The molecule has 5 heteroatoms. The Morgan fingerprint density at radius 1 is 1.43 bits per heavy atom. The summed E-state index contributed by atoms with van der Waals surface area (Å²) < 4.78 is 13.3. The maximum atomic E-state index is 13.3. The number of hydrogen-bond donors (Lipinski definition) is 3. The molecule has 1 atom stereocenters. The molecular weight excluding hydrogens is 293 g/mol. The standard InChI is InChI=1S/C18H24FN3O/c1-12-14(15-4-3-13(19)9-16(15)22-12)5-7-21-17(23)10-18(2)6-8-20-11-18/h3-4,9,20,22H,5-8,10-11H2,1-2H3,(H,21,23). The van der Waals surface area contributed by atoms with E-state index >= 15 is 0 Å². The molecule has 1 saturated heterocycles. The normalized spacial score (nSPS) is 21.0. The summed E-state index contributed by atoms with van der Waals surface area (Å²) in [5.74, 6) is -0.128. The number of aromatic amines is 1. The first-order valence-electron chi connectivity index (χ1n) is 8.21. The monoisotopic (exact) mass is 317 g/mol. The molecule has 1 aromatic heterocycles. The van der Waals surface area contributed by atoms with Crippen molar-refractivity contribution in [1.82, 2.24) is 15.6 Å². The molecule has 1 unspecified atom stereocenters. The molecule has 124 valence electrons. The van der Waals surface area contributed by atoms with E-state index in [9.17, 15) is 9.18 Å². The van der Waals surface area contributed by atoms with Gasteiger partial charge in [0.1, 0.15) is 5.82 Å². The van der Waals surface area contributed by atoms with Crippen LogP contribution in [0.3, 0.4) is 0 Å². The van der Waals surface area contributed by atoms with Gasteiger partial charge in [-0.25, -0.2) is 4.39 Å². The molecular formula is C18H24FN3O. The van der Waals surface area contributed by atoms with E-state index in [-0.39, 0.29) is 17.1 Å². The molecule has 1 aliphatic rings. The minimum absolute atomic E-state index is 0.0817. The lowest BCUT2D eigenvalue weighted by Gasteiger charge is -2.21. The van der Waals surface area contributed by atoms with Crippen LogP contribution >= 0.6 is 0 Å². The van der Waals surface area contributed by atoms with E-state index < -0.39 is 0 Å². The van der Waals surface area contributed by atoms with Crippen molar-refractivity contribution < 1.29 is 9.18 Å². The predicted octanol–water partition coefficient (Wildman–Crippen LogP) is 2.66. The molecule has 0 radical (unpaired) electrons. The summed E-state index contributed by atoms with van der Waals surface area (Å²) in [5.41, 5.74) is 3.08. The number of hydrogen-bond acceptors (Lipinski definition) is 2. The number of halogens is 1. The summed E-state index contributed by atoms with van der Waals surface area (Å²) >= 11 is 0. The van der Waals surface area contributed by atoms with Gasteiger partial charge in [0, 0.05) is 36.1 Å². The summed E-state index contributed by atoms with van der Waals surface area (Å²) in [4.78, 5) is 15.3. The van der Waals surface area contributed by atoms with Gasteiger partial charge >= 0.3 is 0 Å². The van der Waals surface area contributed by atoms with E-state index in [1.54, 1.807) is 6.07 Å². The summed E-state index contributed by atoms with van der Waals surface area (Å²) in [6.07, 6.45) is 2.36. The van der Waals surface area contributed by atoms with E-state index in [0.29, 0.717) is 13.0 Å². The van der Waals surface area contributed by atoms with E-state index in [1.807, 2.05) is 6.92 Å². The van der Waals surface area contributed by atoms with Crippen LogP contribution in [0.1, 0.15) is 31.0 Å². The van der Waals surface area contributed by atoms with Crippen molar-refractivity contribution >= 4 is 16.8 Å². The van der Waals surface area contributed by atoms with Crippen molar-refractivity contribution in [3.8, 4) is 0 Å². The fraction of sp³-hybridized carbons (Fsp3) is 0.500. The Morgan fingerprint density at radius 3 is 3.00 bits per heavy atom. The van der Waals surface area contributed by atoms with Gasteiger partial charge in [-0.3, -0.25) is 4.79 Å². The number of carbonyl (C=O) groups excluding carboxylic acids is 1. The van der Waals surface area contributed by atoms with Crippen molar-refractivity contribution in [2.45, 2.75) is 33.1 Å². The number of rotatable bonds is 5. The van der Waals surface area contributed by atoms with E-state index in [2.05, 4.69) is 22.5 Å². The van der Waals surface area contributed by atoms with Gasteiger partial charge in [-0.2, -0.15) is 0 Å². The third kappa shape index (κ3) is 3.55. The van der Waals surface area contributed by atoms with Gasteiger partial charge in [-0.05, 0) is 55.5 Å². The Bertz CT molecular complexity index is 716. The minimum atomic E-state index is -0.239. The zero-order valence-corrected chi connectivity index (χ0v) is 13.8. The zero-order chi connectivity index (χ0) is 16.4. The number of nitrogens with one attached hydrogen (secondary N) is 3. The first kappa shape index (κ1) is 16.0. The number of H-pyrrole nitrogens is 1. The number of carbonyl (C=O) groups is 1. The summed E-state index contributed by atoms with van der Waals surface area (Å²) in [7, 11) is 0. The molecule has 23 heavy (non-hydrogen) atoms. The highest BCUT2D eigenvalue weighted by Gasteiger charge is 2.30. The summed E-state index contributed by atoms with van der Waals surface area (Å²) in [5, 5.41) is 7.37. The fourth-order valence-electron chi connectivity index (χ4n) is 3.48. The predicted molar refractivity (Wildman–Crippen MR) is 89.9 cm³/mol. The number of amides is 1. The van der Waals surface area contributed by atoms with Gasteiger partial charge in [-0.1, -0.05) is 6.92 Å². The van der Waals surface area contributed by atoms with Gasteiger partial charge in [0.25, 0.3) is 0 Å². The molecule has 1 aliphatic heterocycles. The van der Waals surface area contributed by atoms with Crippen LogP contribution in [0.25, 0.3) is 10.9 Å². The average Bonchev–Trinajstić information content (AvgIpc) is 3.02. The van der Waals surface area contributed by atoms with Gasteiger partial charge in [-0.15, -0.1) is 0 Å². The molecule has 1 fully saturated rings. The molecule has 3 N–H and O–H groups in total. The second kappa shape index (κ2) is 6.32. The van der Waals surface area contributed by atoms with Crippen LogP contribution in [-0.4, -0.2) is 30.5 Å². The lowest BCUT2D eigenvalue weighted by Crippen LogP contribution is -2.32. The Hall–Kier alpha value is -1.88. The second-order valence-corrected chi connectivity index (χ2v) is 6.93. The quantitative estimate of drug-likeness (QED) is 0.794. The second-order valence-electron chi connectivity index (χ2n) is 6.93. The van der Waals surface area contributed by atoms with Gasteiger partial charge in [0.05, 0.1) is 0 Å². The molecule has 0 bridgehead atoms. The lowest BCUT2D eigenvalue weighted by atomic mass is 9.86. The Morgan fingerprint density at radius 2 is 2.26 bits per heavy atom. The van der Waals surface area contributed by atoms with Crippen molar-refractivity contribution in [2.24, 2.45) is 5.41 Å². The fourth-order valence-corrected chi connectivity index (χ4v) is 3.48. The first-order valence-corrected chi connectivity index (χ1v) is 8.21.